The lowest BCUT2D eigenvalue weighted by atomic mass is 10.2. The Bertz CT molecular complexity index is 926. The molecular weight excluding hydrogens is 348 g/mol. The van der Waals surface area contributed by atoms with Gasteiger partial charge in [0.2, 0.25) is 5.91 Å². The predicted octanol–water partition coefficient (Wildman–Crippen LogP) is 3.53. The lowest BCUT2D eigenvalue weighted by molar-refractivity contribution is -0.133. The highest BCUT2D eigenvalue weighted by molar-refractivity contribution is 5.76. The molecule has 3 aromatic rings. The van der Waals surface area contributed by atoms with Crippen LogP contribution in [0.4, 0.5) is 0 Å². The molecule has 2 heterocycles. The van der Waals surface area contributed by atoms with E-state index in [1.165, 1.54) is 11.1 Å². The molecule has 146 valence electrons. The third kappa shape index (κ3) is 4.09. The van der Waals surface area contributed by atoms with Crippen molar-refractivity contribution >= 4 is 16.9 Å². The number of fused-ring (bicyclic) bond motifs is 1. The first-order chi connectivity index (χ1) is 13.7. The van der Waals surface area contributed by atoms with E-state index in [0.717, 1.165) is 57.0 Å². The Hall–Kier alpha value is -2.66. The Morgan fingerprint density at radius 2 is 1.64 bits per heavy atom. The van der Waals surface area contributed by atoms with Crippen molar-refractivity contribution in [3.63, 3.8) is 0 Å². The largest absolute Gasteiger partial charge is 0.340 e. The monoisotopic (exact) mass is 376 g/mol. The number of amides is 1. The molecule has 0 unspecified atom stereocenters. The fourth-order valence-electron chi connectivity index (χ4n) is 3.92. The summed E-state index contributed by atoms with van der Waals surface area (Å²) in [7, 11) is 0. The highest BCUT2D eigenvalue weighted by atomic mass is 16.2. The van der Waals surface area contributed by atoms with Gasteiger partial charge in [-0.2, -0.15) is 0 Å². The van der Waals surface area contributed by atoms with Crippen LogP contribution in [0.5, 0.6) is 0 Å². The minimum atomic E-state index is 0.290. The number of benzene rings is 2. The first kappa shape index (κ1) is 18.7. The molecule has 2 aromatic carbocycles. The number of piperazine rings is 1. The van der Waals surface area contributed by atoms with Crippen LogP contribution in [0.3, 0.4) is 0 Å². The maximum atomic E-state index is 12.1. The van der Waals surface area contributed by atoms with Gasteiger partial charge in [-0.1, -0.05) is 49.4 Å². The van der Waals surface area contributed by atoms with E-state index in [9.17, 15) is 4.79 Å². The summed E-state index contributed by atoms with van der Waals surface area (Å²) in [5.74, 6) is 1.39. The summed E-state index contributed by atoms with van der Waals surface area (Å²) in [5.41, 5.74) is 3.50. The van der Waals surface area contributed by atoms with Crippen LogP contribution < -0.4 is 0 Å². The van der Waals surface area contributed by atoms with E-state index < -0.39 is 0 Å². The third-order valence-electron chi connectivity index (χ3n) is 5.47. The van der Waals surface area contributed by atoms with Gasteiger partial charge in [0.05, 0.1) is 17.6 Å². The van der Waals surface area contributed by atoms with Crippen LogP contribution in [0, 0.1) is 0 Å². The van der Waals surface area contributed by atoms with Crippen molar-refractivity contribution in [2.45, 2.75) is 32.9 Å². The van der Waals surface area contributed by atoms with Crippen LogP contribution in [0.1, 0.15) is 31.2 Å². The Morgan fingerprint density at radius 3 is 2.39 bits per heavy atom. The SMILES string of the molecule is CCCC(=O)N1CCN(Cc2nc3ccccc3n2Cc2ccccc2)CC1. The van der Waals surface area contributed by atoms with Crippen LogP contribution in [0.25, 0.3) is 11.0 Å². The predicted molar refractivity (Wildman–Crippen MR) is 112 cm³/mol. The second-order valence-electron chi connectivity index (χ2n) is 7.50. The number of para-hydroxylation sites is 2. The lowest BCUT2D eigenvalue weighted by Gasteiger charge is -2.34. The van der Waals surface area contributed by atoms with Gasteiger partial charge in [0.1, 0.15) is 5.82 Å². The molecular formula is C23H28N4O. The molecule has 28 heavy (non-hydrogen) atoms. The molecule has 1 aliphatic heterocycles. The minimum Gasteiger partial charge on any atom is -0.340 e. The summed E-state index contributed by atoms with van der Waals surface area (Å²) in [5, 5.41) is 0. The summed E-state index contributed by atoms with van der Waals surface area (Å²) in [6.45, 7) is 7.15. The van der Waals surface area contributed by atoms with Crippen LogP contribution in [-0.4, -0.2) is 51.4 Å². The van der Waals surface area contributed by atoms with Gasteiger partial charge in [-0.05, 0) is 24.1 Å². The summed E-state index contributed by atoms with van der Waals surface area (Å²) in [4.78, 5) is 21.5. The quantitative estimate of drug-likeness (QED) is 0.661. The summed E-state index contributed by atoms with van der Waals surface area (Å²) in [6, 6.07) is 18.9. The minimum absolute atomic E-state index is 0.290. The zero-order chi connectivity index (χ0) is 19.3. The van der Waals surface area contributed by atoms with Gasteiger partial charge in [-0.25, -0.2) is 4.98 Å². The maximum Gasteiger partial charge on any atom is 0.222 e. The van der Waals surface area contributed by atoms with Crippen molar-refractivity contribution < 1.29 is 4.79 Å². The highest BCUT2D eigenvalue weighted by Gasteiger charge is 2.22. The standard InChI is InChI=1S/C23H28N4O/c1-2-8-23(28)26-15-13-25(14-16-26)18-22-24-20-11-6-7-12-21(20)27(22)17-19-9-4-3-5-10-19/h3-7,9-12H,2,8,13-18H2,1H3. The molecule has 0 radical (unpaired) electrons. The van der Waals surface area contributed by atoms with E-state index in [4.69, 9.17) is 4.98 Å². The van der Waals surface area contributed by atoms with E-state index in [1.54, 1.807) is 0 Å². The number of hydrogen-bond acceptors (Lipinski definition) is 3. The van der Waals surface area contributed by atoms with E-state index in [-0.39, 0.29) is 0 Å². The lowest BCUT2D eigenvalue weighted by Crippen LogP contribution is -2.48. The zero-order valence-electron chi connectivity index (χ0n) is 16.6. The smallest absolute Gasteiger partial charge is 0.222 e. The van der Waals surface area contributed by atoms with Gasteiger partial charge in [0, 0.05) is 39.1 Å². The van der Waals surface area contributed by atoms with Gasteiger partial charge in [-0.3, -0.25) is 9.69 Å². The van der Waals surface area contributed by atoms with Crippen LogP contribution >= 0.6 is 0 Å². The summed E-state index contributed by atoms with van der Waals surface area (Å²) >= 11 is 0. The molecule has 4 rings (SSSR count). The molecule has 1 saturated heterocycles. The summed E-state index contributed by atoms with van der Waals surface area (Å²) < 4.78 is 2.33. The fraction of sp³-hybridized carbons (Fsp3) is 0.391. The average Bonchev–Trinajstić information content (AvgIpc) is 3.06. The normalized spacial score (nSPS) is 15.2. The van der Waals surface area contributed by atoms with E-state index >= 15 is 0 Å². The second kappa shape index (κ2) is 8.57. The molecule has 0 saturated carbocycles. The molecule has 1 aliphatic rings. The first-order valence-corrected chi connectivity index (χ1v) is 10.2. The molecule has 1 fully saturated rings. The molecule has 0 bridgehead atoms. The van der Waals surface area contributed by atoms with Crippen molar-refractivity contribution in [2.75, 3.05) is 26.2 Å². The average molecular weight is 377 g/mol. The topological polar surface area (TPSA) is 41.4 Å². The van der Waals surface area contributed by atoms with Crippen LogP contribution in [-0.2, 0) is 17.9 Å². The number of carbonyl (C=O) groups excluding carboxylic acids is 1. The van der Waals surface area contributed by atoms with E-state index in [2.05, 4.69) is 64.9 Å². The van der Waals surface area contributed by atoms with Gasteiger partial charge in [0.15, 0.2) is 0 Å². The Labute approximate surface area is 166 Å². The van der Waals surface area contributed by atoms with Crippen molar-refractivity contribution in [3.8, 4) is 0 Å². The zero-order valence-corrected chi connectivity index (χ0v) is 16.6. The number of aromatic nitrogens is 2. The number of nitrogens with zero attached hydrogens (tertiary/aromatic N) is 4. The van der Waals surface area contributed by atoms with Crippen molar-refractivity contribution in [1.29, 1.82) is 0 Å². The van der Waals surface area contributed by atoms with Crippen molar-refractivity contribution in [3.05, 3.63) is 66.0 Å². The molecule has 0 spiro atoms. The number of rotatable bonds is 6. The molecule has 5 heteroatoms. The van der Waals surface area contributed by atoms with Crippen LogP contribution in [0.2, 0.25) is 0 Å². The van der Waals surface area contributed by atoms with E-state index in [0.29, 0.717) is 12.3 Å². The van der Waals surface area contributed by atoms with E-state index in [1.807, 2.05) is 11.0 Å². The molecule has 1 amide bonds. The number of imidazole rings is 1. The number of carbonyl (C=O) groups is 1. The number of hydrogen-bond donors (Lipinski definition) is 0. The van der Waals surface area contributed by atoms with Gasteiger partial charge >= 0.3 is 0 Å². The van der Waals surface area contributed by atoms with Crippen molar-refractivity contribution in [1.82, 2.24) is 19.4 Å². The fourth-order valence-corrected chi connectivity index (χ4v) is 3.92. The third-order valence-corrected chi connectivity index (χ3v) is 5.47. The second-order valence-corrected chi connectivity index (χ2v) is 7.50. The van der Waals surface area contributed by atoms with Gasteiger partial charge in [-0.15, -0.1) is 0 Å². The van der Waals surface area contributed by atoms with Crippen molar-refractivity contribution in [2.24, 2.45) is 0 Å². The Balaban J connectivity index is 1.51. The Morgan fingerprint density at radius 1 is 0.929 bits per heavy atom. The van der Waals surface area contributed by atoms with Gasteiger partial charge in [0.25, 0.3) is 0 Å². The molecule has 1 aromatic heterocycles. The molecule has 0 N–H and O–H groups in total. The first-order valence-electron chi connectivity index (χ1n) is 10.2. The molecule has 5 nitrogen and oxygen atoms in total. The molecule has 0 atom stereocenters. The maximum absolute atomic E-state index is 12.1. The Kier molecular flexibility index (Phi) is 5.72. The summed E-state index contributed by atoms with van der Waals surface area (Å²) in [6.07, 6.45) is 1.58. The highest BCUT2D eigenvalue weighted by Crippen LogP contribution is 2.20. The molecule has 0 aliphatic carbocycles. The van der Waals surface area contributed by atoms with Crippen LogP contribution in [0.15, 0.2) is 54.6 Å². The van der Waals surface area contributed by atoms with Gasteiger partial charge < -0.3 is 9.47 Å².